The summed E-state index contributed by atoms with van der Waals surface area (Å²) in [6, 6.07) is 11.3. The predicted molar refractivity (Wildman–Crippen MR) is 77.7 cm³/mol. The monoisotopic (exact) mass is 257 g/mol. The molecule has 0 aromatic heterocycles. The first-order valence-corrected chi connectivity index (χ1v) is 7.02. The van der Waals surface area contributed by atoms with Gasteiger partial charge >= 0.3 is 0 Å². The van der Waals surface area contributed by atoms with Crippen LogP contribution in [0.1, 0.15) is 24.0 Å². The van der Waals surface area contributed by atoms with Crippen LogP contribution in [0.3, 0.4) is 0 Å². The Kier molecular flexibility index (Phi) is 4.95. The van der Waals surface area contributed by atoms with Crippen molar-refractivity contribution in [1.82, 2.24) is 9.80 Å². The molecule has 1 saturated heterocycles. The number of nitriles is 1. The van der Waals surface area contributed by atoms with Crippen molar-refractivity contribution in [3.05, 3.63) is 35.4 Å². The van der Waals surface area contributed by atoms with E-state index in [1.165, 1.54) is 31.5 Å². The van der Waals surface area contributed by atoms with Crippen LogP contribution in [0.5, 0.6) is 0 Å². The molecule has 0 amide bonds. The third kappa shape index (κ3) is 4.05. The summed E-state index contributed by atoms with van der Waals surface area (Å²) in [5.74, 6) is 0. The van der Waals surface area contributed by atoms with Gasteiger partial charge in [-0.1, -0.05) is 24.3 Å². The van der Waals surface area contributed by atoms with Crippen molar-refractivity contribution in [2.75, 3.05) is 27.2 Å². The van der Waals surface area contributed by atoms with E-state index in [9.17, 15) is 0 Å². The number of hydrogen-bond acceptors (Lipinski definition) is 3. The van der Waals surface area contributed by atoms with Crippen LogP contribution >= 0.6 is 0 Å². The molecule has 0 bridgehead atoms. The van der Waals surface area contributed by atoms with E-state index in [1.807, 2.05) is 0 Å². The molecule has 0 spiro atoms. The standard InChI is InChI=1S/C16H23N3/c1-18-11-8-16(9-12-18)19(2)13-15-5-3-14(4-6-15)7-10-17/h3-6,16H,7-9,11-13H2,1-2H3. The highest BCUT2D eigenvalue weighted by molar-refractivity contribution is 5.24. The highest BCUT2D eigenvalue weighted by atomic mass is 15.2. The summed E-state index contributed by atoms with van der Waals surface area (Å²) in [4.78, 5) is 4.87. The molecule has 1 aromatic carbocycles. The lowest BCUT2D eigenvalue weighted by atomic mass is 10.0. The SMILES string of the molecule is CN1CCC(N(C)Cc2ccc(CC#N)cc2)CC1. The highest BCUT2D eigenvalue weighted by Gasteiger charge is 2.20. The molecule has 0 atom stereocenters. The van der Waals surface area contributed by atoms with E-state index in [0.29, 0.717) is 12.5 Å². The van der Waals surface area contributed by atoms with Crippen LogP contribution in [0.25, 0.3) is 0 Å². The Labute approximate surface area is 116 Å². The molecule has 0 aliphatic carbocycles. The molecule has 19 heavy (non-hydrogen) atoms. The fraction of sp³-hybridized carbons (Fsp3) is 0.562. The quantitative estimate of drug-likeness (QED) is 0.829. The molecular weight excluding hydrogens is 234 g/mol. The van der Waals surface area contributed by atoms with E-state index in [2.05, 4.69) is 54.2 Å². The van der Waals surface area contributed by atoms with Gasteiger partial charge in [-0.2, -0.15) is 5.26 Å². The molecule has 3 nitrogen and oxygen atoms in total. The summed E-state index contributed by atoms with van der Waals surface area (Å²) < 4.78 is 0. The molecule has 1 heterocycles. The summed E-state index contributed by atoms with van der Waals surface area (Å²) >= 11 is 0. The van der Waals surface area contributed by atoms with Crippen LogP contribution in [0, 0.1) is 11.3 Å². The fourth-order valence-electron chi connectivity index (χ4n) is 2.71. The molecule has 0 saturated carbocycles. The van der Waals surface area contributed by atoms with Crippen molar-refractivity contribution in [2.24, 2.45) is 0 Å². The average Bonchev–Trinajstić information content (AvgIpc) is 2.42. The zero-order chi connectivity index (χ0) is 13.7. The first kappa shape index (κ1) is 14.0. The van der Waals surface area contributed by atoms with E-state index in [1.54, 1.807) is 0 Å². The molecule has 1 fully saturated rings. The third-order valence-electron chi connectivity index (χ3n) is 4.05. The maximum absolute atomic E-state index is 8.66. The number of benzene rings is 1. The molecule has 1 aliphatic rings. The number of likely N-dealkylation sites (tertiary alicyclic amines) is 1. The van der Waals surface area contributed by atoms with Crippen LogP contribution in [-0.2, 0) is 13.0 Å². The van der Waals surface area contributed by atoms with Gasteiger partial charge in [0, 0.05) is 12.6 Å². The molecular formula is C16H23N3. The predicted octanol–water partition coefficient (Wildman–Crippen LogP) is 2.28. The largest absolute Gasteiger partial charge is 0.306 e. The Bertz CT molecular complexity index is 424. The maximum atomic E-state index is 8.66. The molecule has 2 rings (SSSR count). The molecule has 102 valence electrons. The van der Waals surface area contributed by atoms with Gasteiger partial charge in [0.05, 0.1) is 12.5 Å². The Morgan fingerprint density at radius 3 is 2.37 bits per heavy atom. The molecule has 0 N–H and O–H groups in total. The van der Waals surface area contributed by atoms with Gasteiger partial charge in [-0.15, -0.1) is 0 Å². The van der Waals surface area contributed by atoms with Crippen molar-refractivity contribution < 1.29 is 0 Å². The van der Waals surface area contributed by atoms with E-state index >= 15 is 0 Å². The minimum absolute atomic E-state index is 0.505. The number of rotatable bonds is 4. The van der Waals surface area contributed by atoms with Gasteiger partial charge in [0.2, 0.25) is 0 Å². The zero-order valence-electron chi connectivity index (χ0n) is 12.0. The van der Waals surface area contributed by atoms with E-state index < -0.39 is 0 Å². The number of piperidine rings is 1. The average molecular weight is 257 g/mol. The molecule has 3 heteroatoms. The smallest absolute Gasteiger partial charge is 0.0669 e. The van der Waals surface area contributed by atoms with Gasteiger partial charge in [-0.05, 0) is 51.2 Å². The van der Waals surface area contributed by atoms with Crippen molar-refractivity contribution in [2.45, 2.75) is 31.8 Å². The lowest BCUT2D eigenvalue weighted by Gasteiger charge is -2.35. The van der Waals surface area contributed by atoms with E-state index in [0.717, 1.165) is 12.1 Å². The van der Waals surface area contributed by atoms with Gasteiger partial charge in [0.1, 0.15) is 0 Å². The van der Waals surface area contributed by atoms with Crippen LogP contribution < -0.4 is 0 Å². The minimum Gasteiger partial charge on any atom is -0.306 e. The maximum Gasteiger partial charge on any atom is 0.0669 e. The van der Waals surface area contributed by atoms with Crippen LogP contribution in [0.2, 0.25) is 0 Å². The second-order valence-electron chi connectivity index (χ2n) is 5.60. The molecule has 1 aliphatic heterocycles. The van der Waals surface area contributed by atoms with Gasteiger partial charge in [-0.25, -0.2) is 0 Å². The van der Waals surface area contributed by atoms with Gasteiger partial charge in [0.25, 0.3) is 0 Å². The Hall–Kier alpha value is -1.37. The van der Waals surface area contributed by atoms with Crippen molar-refractivity contribution in [3.8, 4) is 6.07 Å². The second kappa shape index (κ2) is 6.70. The molecule has 0 unspecified atom stereocenters. The van der Waals surface area contributed by atoms with E-state index in [4.69, 9.17) is 5.26 Å². The zero-order valence-corrected chi connectivity index (χ0v) is 12.0. The normalized spacial score (nSPS) is 17.6. The van der Waals surface area contributed by atoms with Crippen molar-refractivity contribution in [1.29, 1.82) is 5.26 Å². The lowest BCUT2D eigenvalue weighted by Crippen LogP contribution is -2.41. The summed E-state index contributed by atoms with van der Waals surface area (Å²) in [7, 11) is 4.42. The topological polar surface area (TPSA) is 30.3 Å². The summed E-state index contributed by atoms with van der Waals surface area (Å²) in [6.45, 7) is 3.41. The van der Waals surface area contributed by atoms with Crippen LogP contribution in [-0.4, -0.2) is 43.0 Å². The van der Waals surface area contributed by atoms with E-state index in [-0.39, 0.29) is 0 Å². The summed E-state index contributed by atoms with van der Waals surface area (Å²) in [5, 5.41) is 8.66. The first-order valence-electron chi connectivity index (χ1n) is 7.02. The fourth-order valence-corrected chi connectivity index (χ4v) is 2.71. The second-order valence-corrected chi connectivity index (χ2v) is 5.60. The van der Waals surface area contributed by atoms with Crippen LogP contribution in [0.15, 0.2) is 24.3 Å². The highest BCUT2D eigenvalue weighted by Crippen LogP contribution is 2.17. The minimum atomic E-state index is 0.505. The van der Waals surface area contributed by atoms with Gasteiger partial charge in [-0.3, -0.25) is 4.90 Å². The molecule has 0 radical (unpaired) electrons. The lowest BCUT2D eigenvalue weighted by molar-refractivity contribution is 0.139. The summed E-state index contributed by atoms with van der Waals surface area (Å²) in [6.07, 6.45) is 3.03. The Morgan fingerprint density at radius 2 is 1.79 bits per heavy atom. The van der Waals surface area contributed by atoms with Gasteiger partial charge in [0.15, 0.2) is 0 Å². The summed E-state index contributed by atoms with van der Waals surface area (Å²) in [5.41, 5.74) is 2.44. The Balaban J connectivity index is 1.88. The van der Waals surface area contributed by atoms with Crippen LogP contribution in [0.4, 0.5) is 0 Å². The van der Waals surface area contributed by atoms with Crippen molar-refractivity contribution >= 4 is 0 Å². The first-order chi connectivity index (χ1) is 9.19. The number of hydrogen-bond donors (Lipinski definition) is 0. The third-order valence-corrected chi connectivity index (χ3v) is 4.05. The van der Waals surface area contributed by atoms with Crippen molar-refractivity contribution in [3.63, 3.8) is 0 Å². The van der Waals surface area contributed by atoms with Gasteiger partial charge < -0.3 is 4.90 Å². The molecule has 1 aromatic rings. The Morgan fingerprint density at radius 1 is 1.21 bits per heavy atom. The number of nitrogens with zero attached hydrogens (tertiary/aromatic N) is 3.